The Bertz CT molecular complexity index is 800. The quantitative estimate of drug-likeness (QED) is 0.682. The highest BCUT2D eigenvalue weighted by molar-refractivity contribution is 7.89. The summed E-state index contributed by atoms with van der Waals surface area (Å²) in [5, 5.41) is 3.23. The summed E-state index contributed by atoms with van der Waals surface area (Å²) in [6.07, 6.45) is 3.16. The van der Waals surface area contributed by atoms with Gasteiger partial charge in [0.25, 0.3) is 0 Å². The van der Waals surface area contributed by atoms with Gasteiger partial charge in [-0.3, -0.25) is 4.79 Å². The molecule has 0 atom stereocenters. The van der Waals surface area contributed by atoms with Crippen LogP contribution < -0.4 is 5.32 Å². The summed E-state index contributed by atoms with van der Waals surface area (Å²) in [7, 11) is -3.73. The largest absolute Gasteiger partial charge is 0.339 e. The van der Waals surface area contributed by atoms with Gasteiger partial charge in [0.05, 0.1) is 11.4 Å². The van der Waals surface area contributed by atoms with E-state index in [1.54, 1.807) is 11.0 Å². The van der Waals surface area contributed by atoms with Gasteiger partial charge in [0.2, 0.25) is 15.9 Å². The van der Waals surface area contributed by atoms with Gasteiger partial charge >= 0.3 is 0 Å². The molecule has 2 saturated heterocycles. The summed E-state index contributed by atoms with van der Waals surface area (Å²) < 4.78 is 28.3. The van der Waals surface area contributed by atoms with Crippen LogP contribution in [0.5, 0.6) is 0 Å². The number of carbonyl (C=O) groups is 1. The molecule has 162 valence electrons. The first-order valence-electron chi connectivity index (χ1n) is 10.7. The molecule has 1 N–H and O–H groups in total. The van der Waals surface area contributed by atoms with E-state index in [0.717, 1.165) is 50.3 Å². The molecule has 0 bridgehead atoms. The highest BCUT2D eigenvalue weighted by Crippen LogP contribution is 2.22. The molecule has 0 spiro atoms. The topological polar surface area (TPSA) is 73.0 Å². The number of nitrogens with zero attached hydrogens (tertiary/aromatic N) is 3. The van der Waals surface area contributed by atoms with Crippen molar-refractivity contribution in [3.05, 3.63) is 29.3 Å². The fraction of sp³-hybridized carbons (Fsp3) is 0.667. The highest BCUT2D eigenvalue weighted by Gasteiger charge is 2.30. The van der Waals surface area contributed by atoms with Crippen molar-refractivity contribution in [3.8, 4) is 0 Å². The second kappa shape index (κ2) is 10.0. The Kier molecular flexibility index (Phi) is 7.67. The Morgan fingerprint density at radius 2 is 1.79 bits per heavy atom. The molecule has 1 aromatic carbocycles. The molecule has 2 aliphatic heterocycles. The van der Waals surface area contributed by atoms with Gasteiger partial charge in [-0.05, 0) is 64.4 Å². The molecule has 0 aromatic heterocycles. The zero-order chi connectivity index (χ0) is 20.9. The van der Waals surface area contributed by atoms with E-state index in [1.807, 2.05) is 26.0 Å². The molecule has 2 heterocycles. The summed E-state index contributed by atoms with van der Waals surface area (Å²) in [6, 6.07) is 5.37. The molecule has 0 unspecified atom stereocenters. The van der Waals surface area contributed by atoms with E-state index in [1.165, 1.54) is 17.1 Å². The van der Waals surface area contributed by atoms with Crippen molar-refractivity contribution >= 4 is 15.9 Å². The molecule has 8 heteroatoms. The van der Waals surface area contributed by atoms with Crippen molar-refractivity contribution in [2.75, 3.05) is 58.9 Å². The molecule has 0 saturated carbocycles. The molecule has 29 heavy (non-hydrogen) atoms. The maximum Gasteiger partial charge on any atom is 0.243 e. The van der Waals surface area contributed by atoms with E-state index in [4.69, 9.17) is 0 Å². The predicted molar refractivity (Wildman–Crippen MR) is 114 cm³/mol. The molecule has 2 fully saturated rings. The monoisotopic (exact) mass is 422 g/mol. The minimum Gasteiger partial charge on any atom is -0.339 e. The number of hydrogen-bond donors (Lipinski definition) is 1. The lowest BCUT2D eigenvalue weighted by Crippen LogP contribution is -2.50. The molecular weight excluding hydrogens is 388 g/mol. The summed E-state index contributed by atoms with van der Waals surface area (Å²) in [6.45, 7) is 9.86. The minimum atomic E-state index is -3.73. The van der Waals surface area contributed by atoms with Crippen LogP contribution in [-0.4, -0.2) is 87.3 Å². The van der Waals surface area contributed by atoms with Crippen LogP contribution in [0, 0.1) is 13.8 Å². The molecule has 0 aliphatic carbocycles. The second-order valence-electron chi connectivity index (χ2n) is 8.14. The maximum absolute atomic E-state index is 13.4. The van der Waals surface area contributed by atoms with Crippen LogP contribution in [-0.2, 0) is 14.8 Å². The minimum absolute atomic E-state index is 0.0876. The number of benzene rings is 1. The number of piperazine rings is 1. The lowest BCUT2D eigenvalue weighted by atomic mass is 10.2. The Morgan fingerprint density at radius 3 is 2.45 bits per heavy atom. The Hall–Kier alpha value is -1.48. The summed E-state index contributed by atoms with van der Waals surface area (Å²) in [5.74, 6) is -0.110. The zero-order valence-corrected chi connectivity index (χ0v) is 18.5. The van der Waals surface area contributed by atoms with Gasteiger partial charge in [-0.1, -0.05) is 17.7 Å². The Labute approximate surface area is 175 Å². The van der Waals surface area contributed by atoms with Crippen LogP contribution >= 0.6 is 0 Å². The van der Waals surface area contributed by atoms with Crippen molar-refractivity contribution < 1.29 is 13.2 Å². The van der Waals surface area contributed by atoms with Gasteiger partial charge < -0.3 is 15.1 Å². The number of sulfonamides is 1. The van der Waals surface area contributed by atoms with Crippen LogP contribution in [0.1, 0.15) is 30.4 Å². The van der Waals surface area contributed by atoms with Crippen molar-refractivity contribution in [1.82, 2.24) is 19.4 Å². The van der Waals surface area contributed by atoms with Crippen LogP contribution in [0.3, 0.4) is 0 Å². The van der Waals surface area contributed by atoms with Crippen LogP contribution in [0.25, 0.3) is 0 Å². The Balaban J connectivity index is 1.75. The van der Waals surface area contributed by atoms with Gasteiger partial charge in [-0.15, -0.1) is 0 Å². The molecule has 1 aromatic rings. The average Bonchev–Trinajstić information content (AvgIpc) is 3.21. The fourth-order valence-electron chi connectivity index (χ4n) is 4.15. The van der Waals surface area contributed by atoms with Gasteiger partial charge in [-0.2, -0.15) is 4.31 Å². The average molecular weight is 423 g/mol. The van der Waals surface area contributed by atoms with Gasteiger partial charge in [0, 0.05) is 32.7 Å². The summed E-state index contributed by atoms with van der Waals surface area (Å²) in [4.78, 5) is 17.3. The Morgan fingerprint density at radius 1 is 1.10 bits per heavy atom. The molecule has 3 rings (SSSR count). The van der Waals surface area contributed by atoms with Crippen LogP contribution in [0.15, 0.2) is 23.1 Å². The first-order valence-corrected chi connectivity index (χ1v) is 12.1. The smallest absolute Gasteiger partial charge is 0.243 e. The number of likely N-dealkylation sites (tertiary alicyclic amines) is 1. The van der Waals surface area contributed by atoms with E-state index in [2.05, 4.69) is 10.2 Å². The van der Waals surface area contributed by atoms with E-state index < -0.39 is 10.0 Å². The second-order valence-corrected chi connectivity index (χ2v) is 10.0. The van der Waals surface area contributed by atoms with Crippen molar-refractivity contribution in [2.45, 2.75) is 38.0 Å². The zero-order valence-electron chi connectivity index (χ0n) is 17.7. The number of aryl methyl sites for hydroxylation is 2. The fourth-order valence-corrected chi connectivity index (χ4v) is 5.79. The van der Waals surface area contributed by atoms with Gasteiger partial charge in [0.1, 0.15) is 0 Å². The van der Waals surface area contributed by atoms with E-state index >= 15 is 0 Å². The third-order valence-electron chi connectivity index (χ3n) is 5.81. The van der Waals surface area contributed by atoms with E-state index in [0.29, 0.717) is 24.5 Å². The number of rotatable bonds is 8. The molecule has 2 aliphatic rings. The molecule has 7 nitrogen and oxygen atoms in total. The lowest BCUT2D eigenvalue weighted by Gasteiger charge is -2.30. The predicted octanol–water partition coefficient (Wildman–Crippen LogP) is 1.21. The molecule has 0 radical (unpaired) electrons. The first-order chi connectivity index (χ1) is 13.9. The number of carbonyl (C=O) groups excluding carboxylic acids is 1. The van der Waals surface area contributed by atoms with Crippen molar-refractivity contribution in [2.24, 2.45) is 0 Å². The lowest BCUT2D eigenvalue weighted by molar-refractivity contribution is -0.132. The molecule has 1 amide bonds. The summed E-state index contributed by atoms with van der Waals surface area (Å²) in [5.41, 5.74) is 1.75. The summed E-state index contributed by atoms with van der Waals surface area (Å²) >= 11 is 0. The number of nitrogens with one attached hydrogen (secondary N) is 1. The third kappa shape index (κ3) is 5.78. The van der Waals surface area contributed by atoms with E-state index in [-0.39, 0.29) is 12.5 Å². The standard InChI is InChI=1S/C21H34N4O3S/c1-18-6-7-20(19(2)16-18)29(27,28)25(13-5-12-23-10-3-4-11-23)17-21(26)24-14-8-22-9-15-24/h6-7,16,22H,3-5,8-15,17H2,1-2H3. The third-order valence-corrected chi connectivity index (χ3v) is 7.82. The number of amides is 1. The normalized spacial score (nSPS) is 18.5. The molecular formula is C21H34N4O3S. The van der Waals surface area contributed by atoms with Crippen LogP contribution in [0.4, 0.5) is 0 Å². The first kappa shape index (κ1) is 22.2. The SMILES string of the molecule is Cc1ccc(S(=O)(=O)N(CCCN2CCCC2)CC(=O)N2CCNCC2)c(C)c1. The highest BCUT2D eigenvalue weighted by atomic mass is 32.2. The number of hydrogen-bond acceptors (Lipinski definition) is 5. The van der Waals surface area contributed by atoms with Gasteiger partial charge in [-0.25, -0.2) is 8.42 Å². The van der Waals surface area contributed by atoms with Crippen molar-refractivity contribution in [3.63, 3.8) is 0 Å². The van der Waals surface area contributed by atoms with E-state index in [9.17, 15) is 13.2 Å². The van der Waals surface area contributed by atoms with Crippen LogP contribution in [0.2, 0.25) is 0 Å². The maximum atomic E-state index is 13.4. The van der Waals surface area contributed by atoms with Crippen molar-refractivity contribution in [1.29, 1.82) is 0 Å². The van der Waals surface area contributed by atoms with Gasteiger partial charge in [0.15, 0.2) is 0 Å².